The molecule has 0 saturated carbocycles. The van der Waals surface area contributed by atoms with Crippen molar-refractivity contribution in [3.63, 3.8) is 0 Å². The highest BCUT2D eigenvalue weighted by Crippen LogP contribution is 2.33. The zero-order valence-electron chi connectivity index (χ0n) is 11.0. The molecule has 98 valence electrons. The molecule has 1 atom stereocenters. The fraction of sp³-hybridized carbons (Fsp3) is 0.357. The highest BCUT2D eigenvalue weighted by atomic mass is 16.2. The lowest BCUT2D eigenvalue weighted by Crippen LogP contribution is -2.40. The van der Waals surface area contributed by atoms with Gasteiger partial charge in [-0.25, -0.2) is 9.79 Å². The fourth-order valence-electron chi connectivity index (χ4n) is 2.64. The van der Waals surface area contributed by atoms with Crippen molar-refractivity contribution in [1.29, 1.82) is 0 Å². The number of hydrogen-bond acceptors (Lipinski definition) is 3. The van der Waals surface area contributed by atoms with Crippen molar-refractivity contribution < 1.29 is 0 Å². The average Bonchev–Trinajstić information content (AvgIpc) is 2.39. The molecule has 1 aromatic rings. The molecular formula is C14H15N3O2. The summed E-state index contributed by atoms with van der Waals surface area (Å²) in [5.41, 5.74) is 1.07. The lowest BCUT2D eigenvalue weighted by molar-refractivity contribution is 0.653. The largest absolute Gasteiger partial charge is 0.332 e. The van der Waals surface area contributed by atoms with Crippen molar-refractivity contribution >= 4 is 11.5 Å². The van der Waals surface area contributed by atoms with Crippen LogP contribution in [0.25, 0.3) is 0 Å². The lowest BCUT2D eigenvalue weighted by Gasteiger charge is -2.24. The number of rotatable bonds is 0. The van der Waals surface area contributed by atoms with E-state index in [1.54, 1.807) is 7.05 Å². The van der Waals surface area contributed by atoms with E-state index < -0.39 is 0 Å². The van der Waals surface area contributed by atoms with E-state index in [9.17, 15) is 9.59 Å². The standard InChI is InChI=1S/C14H15N3O2/c1-16-12-11(13(18)17(2)14(16)19)9-6-4-3-5-7-10(8-9)15-12/h3-6,9H,7-8H2,1-2H3/b5-3-,6-4-. The average molecular weight is 257 g/mol. The molecule has 0 N–H and O–H groups in total. The van der Waals surface area contributed by atoms with Crippen molar-refractivity contribution in [1.82, 2.24) is 9.13 Å². The van der Waals surface area contributed by atoms with Gasteiger partial charge in [-0.05, 0) is 6.42 Å². The fourth-order valence-corrected chi connectivity index (χ4v) is 2.64. The second-order valence-corrected chi connectivity index (χ2v) is 4.95. The highest BCUT2D eigenvalue weighted by Gasteiger charge is 2.27. The molecule has 2 bridgehead atoms. The number of fused-ring (bicyclic) bond motifs is 4. The monoisotopic (exact) mass is 257 g/mol. The molecule has 0 spiro atoms. The molecule has 5 heteroatoms. The predicted molar refractivity (Wildman–Crippen MR) is 74.3 cm³/mol. The summed E-state index contributed by atoms with van der Waals surface area (Å²) in [5, 5.41) is 0. The van der Waals surface area contributed by atoms with Crippen molar-refractivity contribution in [2.45, 2.75) is 18.8 Å². The number of aromatic nitrogens is 2. The minimum Gasteiger partial charge on any atom is -0.281 e. The topological polar surface area (TPSA) is 56.4 Å². The molecule has 19 heavy (non-hydrogen) atoms. The molecule has 0 amide bonds. The molecular weight excluding hydrogens is 242 g/mol. The van der Waals surface area contributed by atoms with Gasteiger partial charge in [0.2, 0.25) is 0 Å². The van der Waals surface area contributed by atoms with Crippen LogP contribution in [0.5, 0.6) is 0 Å². The van der Waals surface area contributed by atoms with Crippen LogP contribution in [0.1, 0.15) is 24.3 Å². The summed E-state index contributed by atoms with van der Waals surface area (Å²) < 4.78 is 2.61. The van der Waals surface area contributed by atoms with Crippen molar-refractivity contribution in [3.8, 4) is 0 Å². The van der Waals surface area contributed by atoms with Gasteiger partial charge in [-0.1, -0.05) is 24.3 Å². The van der Waals surface area contributed by atoms with E-state index in [1.165, 1.54) is 11.6 Å². The van der Waals surface area contributed by atoms with Crippen LogP contribution in [0.2, 0.25) is 0 Å². The Morgan fingerprint density at radius 1 is 1.21 bits per heavy atom. The Bertz CT molecular complexity index is 747. The Labute approximate surface area is 110 Å². The van der Waals surface area contributed by atoms with Crippen molar-refractivity contribution in [3.05, 3.63) is 50.7 Å². The van der Waals surface area contributed by atoms with Gasteiger partial charge in [0, 0.05) is 32.1 Å². The maximum Gasteiger partial charge on any atom is 0.332 e. The number of nitrogens with zero attached hydrogens (tertiary/aromatic N) is 3. The van der Waals surface area contributed by atoms with Gasteiger partial charge < -0.3 is 0 Å². The predicted octanol–water partition coefficient (Wildman–Crippen LogP) is 1.16. The van der Waals surface area contributed by atoms with E-state index in [-0.39, 0.29) is 17.2 Å². The Balaban J connectivity index is 2.39. The van der Waals surface area contributed by atoms with Gasteiger partial charge in [-0.3, -0.25) is 13.9 Å². The smallest absolute Gasteiger partial charge is 0.281 e. The molecule has 1 unspecified atom stereocenters. The van der Waals surface area contributed by atoms with Gasteiger partial charge in [-0.15, -0.1) is 0 Å². The van der Waals surface area contributed by atoms with Crippen LogP contribution < -0.4 is 11.2 Å². The van der Waals surface area contributed by atoms with E-state index in [4.69, 9.17) is 0 Å². The molecule has 1 aliphatic carbocycles. The molecule has 1 aromatic heterocycles. The lowest BCUT2D eigenvalue weighted by atomic mass is 9.89. The van der Waals surface area contributed by atoms with Crippen LogP contribution in [0.15, 0.2) is 38.9 Å². The van der Waals surface area contributed by atoms with Crippen LogP contribution in [0.4, 0.5) is 5.82 Å². The van der Waals surface area contributed by atoms with Crippen LogP contribution in [-0.2, 0) is 14.1 Å². The SMILES string of the molecule is Cn1c2c(c(=O)n(C)c1=O)C1/C=C\C=C/CC(=N2)C1. The summed E-state index contributed by atoms with van der Waals surface area (Å²) in [7, 11) is 3.17. The van der Waals surface area contributed by atoms with E-state index in [0.29, 0.717) is 11.4 Å². The minimum absolute atomic E-state index is 0.0120. The molecule has 1 aliphatic heterocycles. The molecule has 2 heterocycles. The summed E-state index contributed by atoms with van der Waals surface area (Å²) in [6.07, 6.45) is 9.50. The van der Waals surface area contributed by atoms with E-state index in [0.717, 1.165) is 23.1 Å². The minimum atomic E-state index is -0.330. The summed E-state index contributed by atoms with van der Waals surface area (Å²) in [5.74, 6) is 0.525. The number of aliphatic imine (C=N–C) groups is 1. The van der Waals surface area contributed by atoms with Gasteiger partial charge in [0.1, 0.15) is 5.82 Å². The maximum absolute atomic E-state index is 12.3. The van der Waals surface area contributed by atoms with E-state index in [1.807, 2.05) is 24.3 Å². The van der Waals surface area contributed by atoms with Crippen LogP contribution in [0.3, 0.4) is 0 Å². The third kappa shape index (κ3) is 1.73. The van der Waals surface area contributed by atoms with Gasteiger partial charge in [0.25, 0.3) is 5.56 Å². The second kappa shape index (κ2) is 4.19. The Morgan fingerprint density at radius 3 is 2.79 bits per heavy atom. The molecule has 0 fully saturated rings. The molecule has 2 aliphatic rings. The van der Waals surface area contributed by atoms with Crippen molar-refractivity contribution in [2.75, 3.05) is 0 Å². The summed E-state index contributed by atoms with van der Waals surface area (Å²) >= 11 is 0. The summed E-state index contributed by atoms with van der Waals surface area (Å²) in [4.78, 5) is 28.8. The van der Waals surface area contributed by atoms with Crippen LogP contribution >= 0.6 is 0 Å². The zero-order valence-corrected chi connectivity index (χ0v) is 11.0. The van der Waals surface area contributed by atoms with Crippen LogP contribution in [-0.4, -0.2) is 14.8 Å². The Morgan fingerprint density at radius 2 is 2.00 bits per heavy atom. The molecule has 0 saturated heterocycles. The second-order valence-electron chi connectivity index (χ2n) is 4.95. The first-order chi connectivity index (χ1) is 9.09. The summed E-state index contributed by atoms with van der Waals surface area (Å²) in [6.45, 7) is 0. The first-order valence-electron chi connectivity index (χ1n) is 6.29. The van der Waals surface area contributed by atoms with Gasteiger partial charge >= 0.3 is 5.69 Å². The highest BCUT2D eigenvalue weighted by molar-refractivity contribution is 5.91. The zero-order chi connectivity index (χ0) is 13.6. The first-order valence-corrected chi connectivity index (χ1v) is 6.29. The summed E-state index contributed by atoms with van der Waals surface area (Å²) in [6, 6.07) is 0. The van der Waals surface area contributed by atoms with E-state index in [2.05, 4.69) is 4.99 Å². The van der Waals surface area contributed by atoms with Gasteiger partial charge in [0.15, 0.2) is 0 Å². The normalized spacial score (nSPS) is 23.9. The van der Waals surface area contributed by atoms with Crippen LogP contribution in [0, 0.1) is 0 Å². The third-order valence-electron chi connectivity index (χ3n) is 3.70. The maximum atomic E-state index is 12.3. The molecule has 5 nitrogen and oxygen atoms in total. The first kappa shape index (κ1) is 11.9. The van der Waals surface area contributed by atoms with Gasteiger partial charge in [0.05, 0.1) is 5.56 Å². The number of hydrogen-bond donors (Lipinski definition) is 0. The molecule has 0 aromatic carbocycles. The molecule has 0 radical (unpaired) electrons. The Hall–Kier alpha value is -2.17. The number of allylic oxidation sites excluding steroid dienone is 4. The quantitative estimate of drug-likeness (QED) is 0.700. The third-order valence-corrected chi connectivity index (χ3v) is 3.70. The van der Waals surface area contributed by atoms with E-state index >= 15 is 0 Å². The molecule has 3 rings (SSSR count). The van der Waals surface area contributed by atoms with Gasteiger partial charge in [-0.2, -0.15) is 0 Å². The Kier molecular flexibility index (Phi) is 2.62. The van der Waals surface area contributed by atoms with Crippen molar-refractivity contribution in [2.24, 2.45) is 19.1 Å².